The van der Waals surface area contributed by atoms with Crippen LogP contribution in [0.4, 0.5) is 11.6 Å². The fourth-order valence-corrected chi connectivity index (χ4v) is 3.14. The van der Waals surface area contributed by atoms with Crippen LogP contribution in [-0.4, -0.2) is 43.4 Å². The quantitative estimate of drug-likeness (QED) is 0.664. The number of hydrogen-bond acceptors (Lipinski definition) is 7. The normalized spacial score (nSPS) is 14.7. The van der Waals surface area contributed by atoms with Crippen molar-refractivity contribution in [3.05, 3.63) is 35.9 Å². The second-order valence-corrected chi connectivity index (χ2v) is 6.11. The van der Waals surface area contributed by atoms with Gasteiger partial charge in [-0.05, 0) is 17.7 Å². The van der Waals surface area contributed by atoms with Crippen LogP contribution in [0.2, 0.25) is 0 Å². The molecule has 23 heavy (non-hydrogen) atoms. The predicted molar refractivity (Wildman–Crippen MR) is 92.0 cm³/mol. The van der Waals surface area contributed by atoms with E-state index >= 15 is 0 Å². The van der Waals surface area contributed by atoms with Gasteiger partial charge >= 0.3 is 0 Å². The minimum absolute atomic E-state index is 0.499. The highest BCUT2D eigenvalue weighted by Crippen LogP contribution is 2.24. The monoisotopic (exact) mass is 332 g/mol. The van der Waals surface area contributed by atoms with Crippen molar-refractivity contribution < 1.29 is 9.47 Å². The molecule has 0 saturated carbocycles. The van der Waals surface area contributed by atoms with E-state index in [1.807, 2.05) is 30.3 Å². The highest BCUT2D eigenvalue weighted by molar-refractivity contribution is 7.98. The molecular weight excluding hydrogens is 312 g/mol. The Morgan fingerprint density at radius 3 is 2.65 bits per heavy atom. The fourth-order valence-electron chi connectivity index (χ4n) is 2.32. The summed E-state index contributed by atoms with van der Waals surface area (Å²) in [6.07, 6.45) is 0. The maximum atomic E-state index is 5.93. The Bertz CT molecular complexity index is 645. The summed E-state index contributed by atoms with van der Waals surface area (Å²) < 4.78 is 10.5. The van der Waals surface area contributed by atoms with Gasteiger partial charge in [-0.15, -0.1) is 0 Å². The molecule has 1 aliphatic rings. The molecule has 6 nitrogen and oxygen atoms in total. The maximum absolute atomic E-state index is 5.93. The van der Waals surface area contributed by atoms with Gasteiger partial charge in [0.2, 0.25) is 0 Å². The molecule has 0 bridgehead atoms. The number of methoxy groups -OCH3 is 1. The highest BCUT2D eigenvalue weighted by Gasteiger charge is 2.14. The molecule has 1 fully saturated rings. The summed E-state index contributed by atoms with van der Waals surface area (Å²) in [5, 5.41) is 0.697. The Morgan fingerprint density at radius 2 is 1.96 bits per heavy atom. The third-order valence-corrected chi connectivity index (χ3v) is 4.49. The van der Waals surface area contributed by atoms with E-state index in [0.29, 0.717) is 11.0 Å². The Kier molecular flexibility index (Phi) is 5.19. The lowest BCUT2D eigenvalue weighted by Gasteiger charge is -2.28. The molecule has 0 amide bonds. The molecule has 2 aromatic rings. The zero-order chi connectivity index (χ0) is 16.1. The summed E-state index contributed by atoms with van der Waals surface area (Å²) in [7, 11) is 1.66. The summed E-state index contributed by atoms with van der Waals surface area (Å²) >= 11 is 1.58. The molecule has 3 rings (SSSR count). The van der Waals surface area contributed by atoms with E-state index in [0.717, 1.165) is 43.6 Å². The van der Waals surface area contributed by atoms with Crippen molar-refractivity contribution in [3.63, 3.8) is 0 Å². The smallest absolute Gasteiger partial charge is 0.191 e. The van der Waals surface area contributed by atoms with Crippen molar-refractivity contribution in [2.24, 2.45) is 0 Å². The van der Waals surface area contributed by atoms with Crippen molar-refractivity contribution in [2.45, 2.75) is 10.9 Å². The van der Waals surface area contributed by atoms with E-state index < -0.39 is 0 Å². The van der Waals surface area contributed by atoms with Crippen LogP contribution in [0.5, 0.6) is 5.75 Å². The largest absolute Gasteiger partial charge is 0.497 e. The van der Waals surface area contributed by atoms with Gasteiger partial charge in [0, 0.05) is 24.9 Å². The van der Waals surface area contributed by atoms with Gasteiger partial charge < -0.3 is 20.1 Å². The van der Waals surface area contributed by atoms with Gasteiger partial charge in [0.1, 0.15) is 17.4 Å². The molecule has 1 saturated heterocycles. The van der Waals surface area contributed by atoms with Crippen molar-refractivity contribution in [3.8, 4) is 5.75 Å². The van der Waals surface area contributed by atoms with E-state index in [1.165, 1.54) is 5.56 Å². The topological polar surface area (TPSA) is 73.5 Å². The molecule has 0 atom stereocenters. The van der Waals surface area contributed by atoms with Crippen molar-refractivity contribution in [1.82, 2.24) is 9.97 Å². The van der Waals surface area contributed by atoms with Crippen LogP contribution in [0.15, 0.2) is 35.5 Å². The van der Waals surface area contributed by atoms with Crippen LogP contribution in [0.3, 0.4) is 0 Å². The zero-order valence-corrected chi connectivity index (χ0v) is 13.9. The van der Waals surface area contributed by atoms with E-state index in [-0.39, 0.29) is 0 Å². The summed E-state index contributed by atoms with van der Waals surface area (Å²) in [6, 6.07) is 9.81. The number of hydrogen-bond donors (Lipinski definition) is 1. The number of ether oxygens (including phenoxy) is 2. The third-order valence-electron chi connectivity index (χ3n) is 3.57. The van der Waals surface area contributed by atoms with E-state index in [4.69, 9.17) is 15.2 Å². The lowest BCUT2D eigenvalue weighted by Crippen LogP contribution is -2.36. The zero-order valence-electron chi connectivity index (χ0n) is 13.1. The molecular formula is C16H20N4O2S. The average molecular weight is 332 g/mol. The number of thioether (sulfide) groups is 1. The van der Waals surface area contributed by atoms with Gasteiger partial charge in [0.25, 0.3) is 0 Å². The maximum Gasteiger partial charge on any atom is 0.191 e. The van der Waals surface area contributed by atoms with E-state index in [2.05, 4.69) is 14.9 Å². The van der Waals surface area contributed by atoms with Crippen LogP contribution in [0.25, 0.3) is 0 Å². The van der Waals surface area contributed by atoms with E-state index in [9.17, 15) is 0 Å². The molecule has 122 valence electrons. The molecule has 7 heteroatoms. The Morgan fingerprint density at radius 1 is 1.22 bits per heavy atom. The average Bonchev–Trinajstić information content (AvgIpc) is 2.61. The molecule has 0 unspecified atom stereocenters. The van der Waals surface area contributed by atoms with Crippen LogP contribution >= 0.6 is 11.8 Å². The molecule has 2 heterocycles. The SMILES string of the molecule is COc1ccc(CSc2nc(N)cc(N3CCOCC3)n2)cc1. The van der Waals surface area contributed by atoms with Crippen molar-refractivity contribution in [2.75, 3.05) is 44.0 Å². The third kappa shape index (κ3) is 4.27. The molecule has 0 spiro atoms. The van der Waals surface area contributed by atoms with Crippen LogP contribution in [-0.2, 0) is 10.5 Å². The molecule has 1 aromatic heterocycles. The Hall–Kier alpha value is -1.99. The van der Waals surface area contributed by atoms with Gasteiger partial charge in [0.05, 0.1) is 20.3 Å². The minimum Gasteiger partial charge on any atom is -0.497 e. The van der Waals surface area contributed by atoms with Crippen molar-refractivity contribution >= 4 is 23.4 Å². The predicted octanol–water partition coefficient (Wildman–Crippen LogP) is 2.20. The molecule has 0 radical (unpaired) electrons. The first kappa shape index (κ1) is 15.9. The lowest BCUT2D eigenvalue weighted by molar-refractivity contribution is 0.122. The van der Waals surface area contributed by atoms with Crippen LogP contribution in [0, 0.1) is 0 Å². The molecule has 1 aromatic carbocycles. The second-order valence-electron chi connectivity index (χ2n) is 5.17. The van der Waals surface area contributed by atoms with Gasteiger partial charge in [0.15, 0.2) is 5.16 Å². The lowest BCUT2D eigenvalue weighted by atomic mass is 10.2. The number of anilines is 2. The van der Waals surface area contributed by atoms with Gasteiger partial charge in [-0.1, -0.05) is 23.9 Å². The number of rotatable bonds is 5. The summed E-state index contributed by atoms with van der Waals surface area (Å²) in [5.74, 6) is 3.01. The standard InChI is InChI=1S/C16H20N4O2S/c1-21-13-4-2-12(3-5-13)11-23-16-18-14(17)10-15(19-16)20-6-8-22-9-7-20/h2-5,10H,6-9,11H2,1H3,(H2,17,18,19). The fraction of sp³-hybridized carbons (Fsp3) is 0.375. The molecule has 0 aliphatic carbocycles. The highest BCUT2D eigenvalue weighted by atomic mass is 32.2. The molecule has 2 N–H and O–H groups in total. The first-order valence-corrected chi connectivity index (χ1v) is 8.46. The number of morpholine rings is 1. The van der Waals surface area contributed by atoms with Crippen LogP contribution < -0.4 is 15.4 Å². The summed E-state index contributed by atoms with van der Waals surface area (Å²) in [6.45, 7) is 3.11. The number of nitrogen functional groups attached to an aromatic ring is 1. The minimum atomic E-state index is 0.499. The van der Waals surface area contributed by atoms with Crippen LogP contribution in [0.1, 0.15) is 5.56 Å². The first-order valence-electron chi connectivity index (χ1n) is 7.47. The Labute approximate surface area is 140 Å². The number of benzene rings is 1. The summed E-state index contributed by atoms with van der Waals surface area (Å²) in [5.41, 5.74) is 7.12. The Balaban J connectivity index is 1.68. The van der Waals surface area contributed by atoms with Gasteiger partial charge in [-0.25, -0.2) is 9.97 Å². The molecule has 1 aliphatic heterocycles. The second kappa shape index (κ2) is 7.52. The van der Waals surface area contributed by atoms with Gasteiger partial charge in [-0.2, -0.15) is 0 Å². The number of nitrogens with two attached hydrogens (primary N) is 1. The number of aromatic nitrogens is 2. The first-order chi connectivity index (χ1) is 11.2. The number of nitrogens with zero attached hydrogens (tertiary/aromatic N) is 3. The van der Waals surface area contributed by atoms with E-state index in [1.54, 1.807) is 18.9 Å². The van der Waals surface area contributed by atoms with Crippen molar-refractivity contribution in [1.29, 1.82) is 0 Å². The van der Waals surface area contributed by atoms with Gasteiger partial charge in [-0.3, -0.25) is 0 Å². The summed E-state index contributed by atoms with van der Waals surface area (Å²) in [4.78, 5) is 11.1.